The van der Waals surface area contributed by atoms with Crippen LogP contribution in [0.5, 0.6) is 0 Å². The lowest BCUT2D eigenvalue weighted by Crippen LogP contribution is -2.16. The first-order chi connectivity index (χ1) is 5.74. The SMILES string of the molecule is C=C(C)CC(NC)c1cscn1. The van der Waals surface area contributed by atoms with Crippen LogP contribution in [0.1, 0.15) is 25.1 Å². The molecule has 0 radical (unpaired) electrons. The molecule has 0 amide bonds. The Balaban J connectivity index is 2.63. The van der Waals surface area contributed by atoms with E-state index >= 15 is 0 Å². The second-order valence-corrected chi connectivity index (χ2v) is 3.63. The molecule has 0 saturated carbocycles. The standard InChI is InChI=1S/C9H14N2S/c1-7(2)4-8(10-3)9-5-12-6-11-9/h5-6,8,10H,1,4H2,2-3H3. The minimum Gasteiger partial charge on any atom is -0.311 e. The fraction of sp³-hybridized carbons (Fsp3) is 0.444. The molecule has 66 valence electrons. The molecular formula is C9H14N2S. The van der Waals surface area contributed by atoms with Crippen molar-refractivity contribution in [3.05, 3.63) is 28.7 Å². The molecular weight excluding hydrogens is 168 g/mol. The number of hydrogen-bond donors (Lipinski definition) is 1. The highest BCUT2D eigenvalue weighted by molar-refractivity contribution is 7.07. The van der Waals surface area contributed by atoms with Gasteiger partial charge in [-0.15, -0.1) is 17.9 Å². The van der Waals surface area contributed by atoms with Crippen molar-refractivity contribution in [1.82, 2.24) is 10.3 Å². The van der Waals surface area contributed by atoms with Gasteiger partial charge < -0.3 is 5.32 Å². The molecule has 3 heteroatoms. The van der Waals surface area contributed by atoms with Crippen molar-refractivity contribution in [2.45, 2.75) is 19.4 Å². The monoisotopic (exact) mass is 182 g/mol. The second kappa shape index (κ2) is 4.38. The minimum absolute atomic E-state index is 0.328. The van der Waals surface area contributed by atoms with Crippen molar-refractivity contribution in [1.29, 1.82) is 0 Å². The van der Waals surface area contributed by atoms with Crippen LogP contribution in [-0.4, -0.2) is 12.0 Å². The average Bonchev–Trinajstić information content (AvgIpc) is 2.51. The predicted octanol–water partition coefficient (Wildman–Crippen LogP) is 2.37. The molecule has 2 nitrogen and oxygen atoms in total. The second-order valence-electron chi connectivity index (χ2n) is 2.92. The van der Waals surface area contributed by atoms with Gasteiger partial charge in [-0.05, 0) is 20.4 Å². The normalized spacial score (nSPS) is 12.8. The van der Waals surface area contributed by atoms with Gasteiger partial charge in [-0.25, -0.2) is 4.98 Å². The van der Waals surface area contributed by atoms with E-state index < -0.39 is 0 Å². The zero-order chi connectivity index (χ0) is 8.97. The summed E-state index contributed by atoms with van der Waals surface area (Å²) in [5, 5.41) is 5.29. The number of aromatic nitrogens is 1. The first kappa shape index (κ1) is 9.42. The van der Waals surface area contributed by atoms with E-state index in [9.17, 15) is 0 Å². The molecule has 0 spiro atoms. The minimum atomic E-state index is 0.328. The number of rotatable bonds is 4. The summed E-state index contributed by atoms with van der Waals surface area (Å²) in [6.45, 7) is 5.93. The zero-order valence-corrected chi connectivity index (χ0v) is 8.32. The first-order valence-electron chi connectivity index (χ1n) is 3.93. The van der Waals surface area contributed by atoms with Crippen molar-refractivity contribution in [2.75, 3.05) is 7.05 Å². The van der Waals surface area contributed by atoms with E-state index in [2.05, 4.69) is 22.3 Å². The molecule has 1 rings (SSSR count). The molecule has 0 aromatic carbocycles. The van der Waals surface area contributed by atoms with Crippen molar-refractivity contribution in [2.24, 2.45) is 0 Å². The third-order valence-corrected chi connectivity index (χ3v) is 2.31. The fourth-order valence-corrected chi connectivity index (χ4v) is 1.70. The van der Waals surface area contributed by atoms with E-state index in [4.69, 9.17) is 0 Å². The summed E-state index contributed by atoms with van der Waals surface area (Å²) in [6.07, 6.45) is 0.959. The van der Waals surface area contributed by atoms with Crippen LogP contribution >= 0.6 is 11.3 Å². The van der Waals surface area contributed by atoms with Crippen molar-refractivity contribution in [3.63, 3.8) is 0 Å². The number of nitrogens with zero attached hydrogens (tertiary/aromatic N) is 1. The van der Waals surface area contributed by atoms with Gasteiger partial charge in [0.15, 0.2) is 0 Å². The zero-order valence-electron chi connectivity index (χ0n) is 7.50. The van der Waals surface area contributed by atoms with Crippen LogP contribution in [0.3, 0.4) is 0 Å². The Morgan fingerprint density at radius 2 is 2.58 bits per heavy atom. The van der Waals surface area contributed by atoms with E-state index in [1.165, 1.54) is 5.57 Å². The van der Waals surface area contributed by atoms with Crippen molar-refractivity contribution in [3.8, 4) is 0 Å². The number of nitrogens with one attached hydrogen (secondary N) is 1. The Bertz CT molecular complexity index is 241. The highest BCUT2D eigenvalue weighted by Gasteiger charge is 2.10. The number of thiazole rings is 1. The molecule has 0 aliphatic heterocycles. The smallest absolute Gasteiger partial charge is 0.0795 e. The molecule has 0 bridgehead atoms. The van der Waals surface area contributed by atoms with E-state index in [-0.39, 0.29) is 0 Å². The highest BCUT2D eigenvalue weighted by Crippen LogP contribution is 2.19. The predicted molar refractivity (Wildman–Crippen MR) is 53.3 cm³/mol. The molecule has 12 heavy (non-hydrogen) atoms. The summed E-state index contributed by atoms with van der Waals surface area (Å²) in [4.78, 5) is 4.26. The third kappa shape index (κ3) is 2.43. The van der Waals surface area contributed by atoms with Crippen LogP contribution in [0, 0.1) is 0 Å². The Labute approximate surface area is 77.3 Å². The lowest BCUT2D eigenvalue weighted by molar-refractivity contribution is 0.577. The van der Waals surface area contributed by atoms with Gasteiger partial charge in [-0.3, -0.25) is 0 Å². The quantitative estimate of drug-likeness (QED) is 0.723. The van der Waals surface area contributed by atoms with Gasteiger partial charge in [0.05, 0.1) is 17.2 Å². The van der Waals surface area contributed by atoms with Gasteiger partial charge in [-0.2, -0.15) is 0 Å². The van der Waals surface area contributed by atoms with Crippen LogP contribution in [0.4, 0.5) is 0 Å². The Morgan fingerprint density at radius 1 is 1.83 bits per heavy atom. The summed E-state index contributed by atoms with van der Waals surface area (Å²) >= 11 is 1.63. The molecule has 1 unspecified atom stereocenters. The molecule has 1 aromatic rings. The summed E-state index contributed by atoms with van der Waals surface area (Å²) in [5.74, 6) is 0. The van der Waals surface area contributed by atoms with Crippen molar-refractivity contribution >= 4 is 11.3 Å². The molecule has 0 fully saturated rings. The molecule has 0 saturated heterocycles. The molecule has 0 aliphatic rings. The van der Waals surface area contributed by atoms with E-state index in [1.807, 2.05) is 19.5 Å². The lowest BCUT2D eigenvalue weighted by Gasteiger charge is -2.12. The molecule has 1 aromatic heterocycles. The van der Waals surface area contributed by atoms with Gasteiger partial charge in [0.25, 0.3) is 0 Å². The fourth-order valence-electron chi connectivity index (χ4n) is 1.10. The van der Waals surface area contributed by atoms with Crippen LogP contribution in [0.15, 0.2) is 23.0 Å². The van der Waals surface area contributed by atoms with Gasteiger partial charge >= 0.3 is 0 Å². The van der Waals surface area contributed by atoms with Gasteiger partial charge in [0.2, 0.25) is 0 Å². The number of hydrogen-bond acceptors (Lipinski definition) is 3. The summed E-state index contributed by atoms with van der Waals surface area (Å²) in [6, 6.07) is 0.328. The molecule has 1 N–H and O–H groups in total. The average molecular weight is 182 g/mol. The van der Waals surface area contributed by atoms with Crippen LogP contribution in [-0.2, 0) is 0 Å². The van der Waals surface area contributed by atoms with Gasteiger partial charge in [0.1, 0.15) is 0 Å². The Kier molecular flexibility index (Phi) is 3.44. The van der Waals surface area contributed by atoms with Crippen LogP contribution < -0.4 is 5.32 Å². The van der Waals surface area contributed by atoms with E-state index in [0.29, 0.717) is 6.04 Å². The van der Waals surface area contributed by atoms with Crippen molar-refractivity contribution < 1.29 is 0 Å². The topological polar surface area (TPSA) is 24.9 Å². The maximum Gasteiger partial charge on any atom is 0.0795 e. The van der Waals surface area contributed by atoms with Gasteiger partial charge in [0, 0.05) is 5.38 Å². The van der Waals surface area contributed by atoms with Crippen LogP contribution in [0.25, 0.3) is 0 Å². The Hall–Kier alpha value is -0.670. The summed E-state index contributed by atoms with van der Waals surface area (Å²) in [5.41, 5.74) is 4.16. The maximum absolute atomic E-state index is 4.26. The Morgan fingerprint density at radius 3 is 3.00 bits per heavy atom. The summed E-state index contributed by atoms with van der Waals surface area (Å²) in [7, 11) is 1.95. The lowest BCUT2D eigenvalue weighted by atomic mass is 10.1. The summed E-state index contributed by atoms with van der Waals surface area (Å²) < 4.78 is 0. The first-order valence-corrected chi connectivity index (χ1v) is 4.88. The largest absolute Gasteiger partial charge is 0.311 e. The highest BCUT2D eigenvalue weighted by atomic mass is 32.1. The van der Waals surface area contributed by atoms with E-state index in [0.717, 1.165) is 12.1 Å². The molecule has 1 heterocycles. The van der Waals surface area contributed by atoms with E-state index in [1.54, 1.807) is 11.3 Å². The van der Waals surface area contributed by atoms with Gasteiger partial charge in [-0.1, -0.05) is 5.57 Å². The van der Waals surface area contributed by atoms with Crippen LogP contribution in [0.2, 0.25) is 0 Å². The molecule has 0 aliphatic carbocycles. The third-order valence-electron chi connectivity index (χ3n) is 1.71. The maximum atomic E-state index is 4.26. The molecule has 1 atom stereocenters.